The molecule has 7 nitrogen and oxygen atoms in total. The molecule has 7 heteroatoms. The van der Waals surface area contributed by atoms with Gasteiger partial charge in [-0.1, -0.05) is 6.42 Å². The minimum absolute atomic E-state index is 0.0152. The maximum atomic E-state index is 12.2. The van der Waals surface area contributed by atoms with Crippen LogP contribution in [0.4, 0.5) is 4.79 Å². The third kappa shape index (κ3) is 4.73. The summed E-state index contributed by atoms with van der Waals surface area (Å²) in [6.07, 6.45) is 6.01. The van der Waals surface area contributed by atoms with Gasteiger partial charge in [0.05, 0.1) is 25.4 Å². The number of aliphatic hydroxyl groups excluding tert-OH is 1. The topological polar surface area (TPSA) is 73.6 Å². The van der Waals surface area contributed by atoms with Crippen molar-refractivity contribution in [2.45, 2.75) is 64.8 Å². The Bertz CT molecular complexity index is 580. The molecule has 0 unspecified atom stereocenters. The molecular formula is C18H31N5O2. The number of urea groups is 1. The lowest BCUT2D eigenvalue weighted by atomic mass is 10.1. The highest BCUT2D eigenvalue weighted by Gasteiger charge is 2.25. The van der Waals surface area contributed by atoms with Crippen molar-refractivity contribution >= 4 is 6.03 Å². The second kappa shape index (κ2) is 8.19. The summed E-state index contributed by atoms with van der Waals surface area (Å²) in [5, 5.41) is 17.8. The number of rotatable bonds is 5. The van der Waals surface area contributed by atoms with Crippen molar-refractivity contribution in [2.24, 2.45) is 0 Å². The third-order valence-corrected chi connectivity index (χ3v) is 5.02. The van der Waals surface area contributed by atoms with Gasteiger partial charge < -0.3 is 20.2 Å². The average molecular weight is 349 g/mol. The molecule has 0 radical (unpaired) electrons. The lowest BCUT2D eigenvalue weighted by Gasteiger charge is -2.30. The van der Waals surface area contributed by atoms with E-state index in [1.54, 1.807) is 0 Å². The van der Waals surface area contributed by atoms with Crippen molar-refractivity contribution in [1.29, 1.82) is 0 Å². The van der Waals surface area contributed by atoms with Crippen molar-refractivity contribution in [3.8, 4) is 0 Å². The predicted octanol–water partition coefficient (Wildman–Crippen LogP) is 1.21. The Kier molecular flexibility index (Phi) is 5.96. The van der Waals surface area contributed by atoms with Gasteiger partial charge >= 0.3 is 6.03 Å². The highest BCUT2D eigenvalue weighted by Crippen LogP contribution is 2.19. The van der Waals surface area contributed by atoms with E-state index in [1.807, 2.05) is 29.6 Å². The maximum absolute atomic E-state index is 12.2. The lowest BCUT2D eigenvalue weighted by molar-refractivity contribution is 0.0845. The van der Waals surface area contributed by atoms with Crippen molar-refractivity contribution in [2.75, 3.05) is 26.2 Å². The first-order valence-electron chi connectivity index (χ1n) is 9.52. The molecule has 3 heterocycles. The van der Waals surface area contributed by atoms with E-state index < -0.39 is 6.10 Å². The fourth-order valence-corrected chi connectivity index (χ4v) is 3.76. The van der Waals surface area contributed by atoms with E-state index in [4.69, 9.17) is 0 Å². The second-order valence-corrected chi connectivity index (χ2v) is 7.59. The standard InChI is InChI=1S/C18H31N5O2/c1-14(2)20-18(25)22-9-6-17-15(11-22)10-19-23(17)13-16(24)12-21-7-4-3-5-8-21/h10,14,16,24H,3-9,11-13H2,1-2H3,(H,20,25)/t16-/m1/s1. The summed E-state index contributed by atoms with van der Waals surface area (Å²) in [5.74, 6) is 0. The number of hydrogen-bond acceptors (Lipinski definition) is 4. The number of piperidine rings is 1. The molecule has 0 bridgehead atoms. The van der Waals surface area contributed by atoms with Crippen LogP contribution >= 0.6 is 0 Å². The Morgan fingerprint density at radius 1 is 1.24 bits per heavy atom. The molecule has 2 N–H and O–H groups in total. The van der Waals surface area contributed by atoms with E-state index in [0.29, 0.717) is 19.6 Å². The summed E-state index contributed by atoms with van der Waals surface area (Å²) < 4.78 is 1.93. The quantitative estimate of drug-likeness (QED) is 0.838. The molecule has 3 rings (SSSR count). The van der Waals surface area contributed by atoms with E-state index in [1.165, 1.54) is 19.3 Å². The fraction of sp³-hybridized carbons (Fsp3) is 0.778. The van der Waals surface area contributed by atoms with Gasteiger partial charge in [0.2, 0.25) is 0 Å². The fourth-order valence-electron chi connectivity index (χ4n) is 3.76. The number of nitrogens with zero attached hydrogens (tertiary/aromatic N) is 4. The van der Waals surface area contributed by atoms with E-state index in [9.17, 15) is 9.90 Å². The molecule has 0 aromatic carbocycles. The molecule has 0 spiro atoms. The van der Waals surface area contributed by atoms with Gasteiger partial charge in [0.15, 0.2) is 0 Å². The number of β-amino-alcohol motifs (C(OH)–C–C–N with tert-alkyl or cyclic N) is 1. The van der Waals surface area contributed by atoms with E-state index in [-0.39, 0.29) is 12.1 Å². The highest BCUT2D eigenvalue weighted by atomic mass is 16.3. The second-order valence-electron chi connectivity index (χ2n) is 7.59. The van der Waals surface area contributed by atoms with Gasteiger partial charge in [0.25, 0.3) is 0 Å². The van der Waals surface area contributed by atoms with Crippen molar-refractivity contribution < 1.29 is 9.90 Å². The summed E-state index contributed by atoms with van der Waals surface area (Å²) >= 11 is 0. The highest BCUT2D eigenvalue weighted by molar-refractivity contribution is 5.74. The minimum atomic E-state index is -0.399. The minimum Gasteiger partial charge on any atom is -0.390 e. The summed E-state index contributed by atoms with van der Waals surface area (Å²) in [5.41, 5.74) is 2.25. The number of amides is 2. The molecule has 2 aliphatic rings. The van der Waals surface area contributed by atoms with Gasteiger partial charge in [-0.25, -0.2) is 4.79 Å². The summed E-state index contributed by atoms with van der Waals surface area (Å²) in [4.78, 5) is 16.3. The first-order chi connectivity index (χ1) is 12.0. The van der Waals surface area contributed by atoms with Crippen LogP contribution in [-0.2, 0) is 19.5 Å². The van der Waals surface area contributed by atoms with Crippen molar-refractivity contribution in [1.82, 2.24) is 24.9 Å². The number of fused-ring (bicyclic) bond motifs is 1. The monoisotopic (exact) mass is 349 g/mol. The molecular weight excluding hydrogens is 318 g/mol. The van der Waals surface area contributed by atoms with Gasteiger partial charge in [-0.05, 0) is 39.8 Å². The number of aliphatic hydroxyl groups is 1. The van der Waals surface area contributed by atoms with Crippen LogP contribution in [0.25, 0.3) is 0 Å². The Balaban J connectivity index is 1.55. The molecule has 2 aliphatic heterocycles. The lowest BCUT2D eigenvalue weighted by Crippen LogP contribution is -2.45. The van der Waals surface area contributed by atoms with Crippen LogP contribution in [0.3, 0.4) is 0 Å². The number of nitrogens with one attached hydrogen (secondary N) is 1. The zero-order chi connectivity index (χ0) is 17.8. The molecule has 1 fully saturated rings. The smallest absolute Gasteiger partial charge is 0.317 e. The normalized spacial score (nSPS) is 19.8. The zero-order valence-electron chi connectivity index (χ0n) is 15.4. The molecule has 1 aromatic heterocycles. The maximum Gasteiger partial charge on any atom is 0.317 e. The van der Waals surface area contributed by atoms with Crippen LogP contribution in [0.2, 0.25) is 0 Å². The van der Waals surface area contributed by atoms with Crippen LogP contribution in [0.1, 0.15) is 44.4 Å². The summed E-state index contributed by atoms with van der Waals surface area (Å²) in [6, 6.07) is 0.125. The van der Waals surface area contributed by atoms with Crippen molar-refractivity contribution in [3.05, 3.63) is 17.5 Å². The average Bonchev–Trinajstić information content (AvgIpc) is 2.97. The Morgan fingerprint density at radius 3 is 2.72 bits per heavy atom. The SMILES string of the molecule is CC(C)NC(=O)N1CCc2c(cnn2C[C@H](O)CN2CCCCC2)C1. The molecule has 1 aromatic rings. The molecule has 1 saturated heterocycles. The van der Waals surface area contributed by atoms with E-state index in [2.05, 4.69) is 15.3 Å². The first kappa shape index (κ1) is 18.2. The number of hydrogen-bond donors (Lipinski definition) is 2. The first-order valence-corrected chi connectivity index (χ1v) is 9.52. The van der Waals surface area contributed by atoms with E-state index >= 15 is 0 Å². The number of carbonyl (C=O) groups is 1. The largest absolute Gasteiger partial charge is 0.390 e. The van der Waals surface area contributed by atoms with Crippen LogP contribution in [0.5, 0.6) is 0 Å². The molecule has 25 heavy (non-hydrogen) atoms. The molecule has 140 valence electrons. The molecule has 0 saturated carbocycles. The van der Waals surface area contributed by atoms with Crippen LogP contribution in [-0.4, -0.2) is 69.0 Å². The Morgan fingerprint density at radius 2 is 2.00 bits per heavy atom. The Hall–Kier alpha value is -1.60. The van der Waals surface area contributed by atoms with Crippen molar-refractivity contribution in [3.63, 3.8) is 0 Å². The summed E-state index contributed by atoms with van der Waals surface area (Å²) in [7, 11) is 0. The number of carbonyl (C=O) groups excluding carboxylic acids is 1. The van der Waals surface area contributed by atoms with Crippen LogP contribution in [0, 0.1) is 0 Å². The zero-order valence-corrected chi connectivity index (χ0v) is 15.4. The van der Waals surface area contributed by atoms with Crippen LogP contribution in [0.15, 0.2) is 6.20 Å². The molecule has 1 atom stereocenters. The molecule has 2 amide bonds. The van der Waals surface area contributed by atoms with E-state index in [0.717, 1.165) is 37.3 Å². The third-order valence-electron chi connectivity index (χ3n) is 5.02. The number of aromatic nitrogens is 2. The van der Waals surface area contributed by atoms with Crippen LogP contribution < -0.4 is 5.32 Å². The number of likely N-dealkylation sites (tertiary alicyclic amines) is 1. The van der Waals surface area contributed by atoms with Gasteiger partial charge in [0.1, 0.15) is 0 Å². The van der Waals surface area contributed by atoms with Gasteiger partial charge in [-0.2, -0.15) is 5.10 Å². The van der Waals surface area contributed by atoms with Gasteiger partial charge in [-0.3, -0.25) is 4.68 Å². The van der Waals surface area contributed by atoms with Gasteiger partial charge in [-0.15, -0.1) is 0 Å². The van der Waals surface area contributed by atoms with Gasteiger partial charge in [0, 0.05) is 36.8 Å². The predicted molar refractivity (Wildman–Crippen MR) is 96.3 cm³/mol. The summed E-state index contributed by atoms with van der Waals surface area (Å²) in [6.45, 7) is 8.66. The molecule has 0 aliphatic carbocycles. The Labute approximate surface area is 150 Å².